The Morgan fingerprint density at radius 3 is 2.70 bits per heavy atom. The molecule has 2 aromatic rings. The quantitative estimate of drug-likeness (QED) is 0.430. The van der Waals surface area contributed by atoms with Crippen LogP contribution in [0.4, 0.5) is 19.3 Å². The Hall–Kier alpha value is -2.71. The van der Waals surface area contributed by atoms with Gasteiger partial charge in [0.1, 0.15) is 17.7 Å². The van der Waals surface area contributed by atoms with Gasteiger partial charge in [-0.1, -0.05) is 42.6 Å². The van der Waals surface area contributed by atoms with Gasteiger partial charge in [-0.15, -0.1) is 0 Å². The van der Waals surface area contributed by atoms with Crippen molar-refractivity contribution in [3.05, 3.63) is 64.2 Å². The number of urea groups is 1. The molecule has 9 heteroatoms. The van der Waals surface area contributed by atoms with Gasteiger partial charge in [-0.2, -0.15) is 0 Å². The third-order valence-electron chi connectivity index (χ3n) is 6.78. The number of para-hydroxylation sites is 1. The smallest absolute Gasteiger partial charge is 0.321 e. The summed E-state index contributed by atoms with van der Waals surface area (Å²) in [6.45, 7) is 0. The Morgan fingerprint density at radius 2 is 1.91 bits per heavy atom. The lowest BCUT2D eigenvalue weighted by atomic mass is 9.87. The number of carbonyl (C=O) groups excluding carboxylic acids is 2. The number of rotatable bonds is 4. The molecule has 1 saturated carbocycles. The minimum absolute atomic E-state index is 0.103. The van der Waals surface area contributed by atoms with Gasteiger partial charge in [-0.05, 0) is 48.9 Å². The third kappa shape index (κ3) is 4.42. The van der Waals surface area contributed by atoms with Gasteiger partial charge in [0.25, 0.3) is 0 Å². The van der Waals surface area contributed by atoms with Gasteiger partial charge in [0.05, 0.1) is 17.0 Å². The van der Waals surface area contributed by atoms with Gasteiger partial charge in [0, 0.05) is 11.3 Å². The average molecular weight is 476 g/mol. The van der Waals surface area contributed by atoms with Crippen LogP contribution in [0.15, 0.2) is 36.4 Å². The van der Waals surface area contributed by atoms with Crippen LogP contribution in [0.3, 0.4) is 0 Å². The van der Waals surface area contributed by atoms with Gasteiger partial charge < -0.3 is 20.7 Å². The molecule has 3 aliphatic rings. The standard InChI is InChI=1S/C24H24ClF2N3O3/c25-15-9-10-16(26)19(20(15)27)21(12-5-1-2-6-12)29-22(31)14-11-18-23(33-18)30-24(32)28-17-8-4-3-7-13(14)17/h3-4,7-10,12,14,18,21,23H,1-2,5-6,11H2,(H,29,31)(H2,28,30,32)/t14-,18?,21-,23?/m0/s1. The molecule has 2 heterocycles. The SMILES string of the molecule is O=C1Nc2ccccc2[C@@H](C(=O)N[C@H](c2c(F)ccc(Cl)c2F)C2CCCC2)CC2OC2N1. The van der Waals surface area contributed by atoms with E-state index in [1.54, 1.807) is 24.3 Å². The minimum atomic E-state index is -0.845. The maximum atomic E-state index is 15.0. The maximum absolute atomic E-state index is 15.0. The Labute approximate surface area is 195 Å². The second kappa shape index (κ2) is 8.91. The number of carbonyl (C=O) groups is 2. The van der Waals surface area contributed by atoms with Crippen molar-refractivity contribution in [3.63, 3.8) is 0 Å². The predicted octanol–water partition coefficient (Wildman–Crippen LogP) is 5.00. The summed E-state index contributed by atoms with van der Waals surface area (Å²) >= 11 is 5.97. The van der Waals surface area contributed by atoms with E-state index in [2.05, 4.69) is 16.0 Å². The fourth-order valence-electron chi connectivity index (χ4n) is 5.06. The monoisotopic (exact) mass is 475 g/mol. The molecular formula is C24H24ClF2N3O3. The van der Waals surface area contributed by atoms with E-state index in [1.807, 2.05) is 0 Å². The molecule has 1 saturated heterocycles. The molecule has 174 valence electrons. The van der Waals surface area contributed by atoms with Gasteiger partial charge >= 0.3 is 6.03 Å². The summed E-state index contributed by atoms with van der Waals surface area (Å²) in [5.74, 6) is -2.72. The van der Waals surface area contributed by atoms with E-state index < -0.39 is 35.9 Å². The summed E-state index contributed by atoms with van der Waals surface area (Å²) in [5.41, 5.74) is 0.933. The molecule has 0 radical (unpaired) electrons. The fourth-order valence-corrected chi connectivity index (χ4v) is 5.22. The molecule has 3 amide bonds. The van der Waals surface area contributed by atoms with Crippen molar-refractivity contribution in [1.29, 1.82) is 0 Å². The van der Waals surface area contributed by atoms with E-state index in [4.69, 9.17) is 16.3 Å². The highest BCUT2D eigenvalue weighted by Crippen LogP contribution is 2.41. The fraction of sp³-hybridized carbons (Fsp3) is 0.417. The Bertz CT molecular complexity index is 1090. The number of fused-ring (bicyclic) bond motifs is 2. The molecule has 6 nitrogen and oxygen atoms in total. The molecule has 2 aliphatic heterocycles. The van der Waals surface area contributed by atoms with Crippen molar-refractivity contribution in [2.75, 3.05) is 5.32 Å². The number of ether oxygens (including phenoxy) is 1. The van der Waals surface area contributed by atoms with Crippen molar-refractivity contribution in [2.24, 2.45) is 5.92 Å². The van der Waals surface area contributed by atoms with E-state index in [9.17, 15) is 18.4 Å². The van der Waals surface area contributed by atoms with Gasteiger partial charge in [0.2, 0.25) is 5.91 Å². The van der Waals surface area contributed by atoms with Crippen LogP contribution in [0.1, 0.15) is 55.2 Å². The predicted molar refractivity (Wildman–Crippen MR) is 119 cm³/mol. The molecule has 0 aromatic heterocycles. The summed E-state index contributed by atoms with van der Waals surface area (Å²) in [6.07, 6.45) is 2.92. The van der Waals surface area contributed by atoms with Crippen LogP contribution in [0.2, 0.25) is 5.02 Å². The van der Waals surface area contributed by atoms with Crippen LogP contribution in [0, 0.1) is 17.6 Å². The van der Waals surface area contributed by atoms with Crippen molar-refractivity contribution >= 4 is 29.2 Å². The first-order valence-electron chi connectivity index (χ1n) is 11.2. The molecule has 1 aliphatic carbocycles. The molecular weight excluding hydrogens is 452 g/mol. The second-order valence-electron chi connectivity index (χ2n) is 8.86. The zero-order chi connectivity index (χ0) is 23.1. The number of amides is 3. The normalized spacial score (nSPS) is 25.4. The highest BCUT2D eigenvalue weighted by atomic mass is 35.5. The summed E-state index contributed by atoms with van der Waals surface area (Å²) < 4.78 is 35.3. The van der Waals surface area contributed by atoms with Crippen LogP contribution in [0.5, 0.6) is 0 Å². The lowest BCUT2D eigenvalue weighted by molar-refractivity contribution is -0.124. The minimum Gasteiger partial charge on any atom is -0.348 e. The van der Waals surface area contributed by atoms with Crippen molar-refractivity contribution in [1.82, 2.24) is 10.6 Å². The third-order valence-corrected chi connectivity index (χ3v) is 7.08. The van der Waals surface area contributed by atoms with Gasteiger partial charge in [-0.3, -0.25) is 4.79 Å². The lowest BCUT2D eigenvalue weighted by Crippen LogP contribution is -2.37. The first-order chi connectivity index (χ1) is 15.9. The summed E-state index contributed by atoms with van der Waals surface area (Å²) in [5, 5.41) is 8.24. The molecule has 2 unspecified atom stereocenters. The number of nitrogens with one attached hydrogen (secondary N) is 3. The van der Waals surface area contributed by atoms with Gasteiger partial charge in [0.15, 0.2) is 6.23 Å². The van der Waals surface area contributed by atoms with Crippen LogP contribution < -0.4 is 16.0 Å². The number of epoxide rings is 1. The van der Waals surface area contributed by atoms with Crippen LogP contribution in [0.25, 0.3) is 0 Å². The first kappa shape index (κ1) is 22.1. The van der Waals surface area contributed by atoms with Crippen molar-refractivity contribution in [3.8, 4) is 0 Å². The van der Waals surface area contributed by atoms with Crippen LogP contribution in [-0.2, 0) is 9.53 Å². The van der Waals surface area contributed by atoms with E-state index in [0.717, 1.165) is 31.7 Å². The van der Waals surface area contributed by atoms with Crippen LogP contribution >= 0.6 is 11.6 Å². The Kier molecular flexibility index (Phi) is 5.97. The molecule has 2 aromatic carbocycles. The molecule has 2 fully saturated rings. The van der Waals surface area contributed by atoms with Crippen LogP contribution in [-0.4, -0.2) is 24.3 Å². The van der Waals surface area contributed by atoms with E-state index in [-0.39, 0.29) is 28.5 Å². The number of hydrogen-bond acceptors (Lipinski definition) is 3. The zero-order valence-corrected chi connectivity index (χ0v) is 18.5. The van der Waals surface area contributed by atoms with Gasteiger partial charge in [-0.25, -0.2) is 13.6 Å². The number of anilines is 1. The average Bonchev–Trinajstić information content (AvgIpc) is 3.27. The molecule has 33 heavy (non-hydrogen) atoms. The topological polar surface area (TPSA) is 82.8 Å². The number of halogens is 3. The van der Waals surface area contributed by atoms with E-state index in [0.29, 0.717) is 17.7 Å². The molecule has 0 bridgehead atoms. The Morgan fingerprint density at radius 1 is 1.15 bits per heavy atom. The number of hydrogen-bond donors (Lipinski definition) is 3. The molecule has 4 atom stereocenters. The second-order valence-corrected chi connectivity index (χ2v) is 9.26. The molecule has 5 rings (SSSR count). The van der Waals surface area contributed by atoms with E-state index in [1.165, 1.54) is 6.07 Å². The molecule has 0 spiro atoms. The highest BCUT2D eigenvalue weighted by molar-refractivity contribution is 6.30. The first-order valence-corrected chi connectivity index (χ1v) is 11.6. The molecule has 3 N–H and O–H groups in total. The van der Waals surface area contributed by atoms with E-state index >= 15 is 0 Å². The lowest BCUT2D eigenvalue weighted by Gasteiger charge is -2.29. The number of benzene rings is 2. The largest absolute Gasteiger partial charge is 0.348 e. The summed E-state index contributed by atoms with van der Waals surface area (Å²) in [4.78, 5) is 25.9. The zero-order valence-electron chi connectivity index (χ0n) is 17.7. The summed E-state index contributed by atoms with van der Waals surface area (Å²) in [6, 6.07) is 8.09. The highest BCUT2D eigenvalue weighted by Gasteiger charge is 2.45. The van der Waals surface area contributed by atoms with Crippen molar-refractivity contribution < 1.29 is 23.1 Å². The Balaban J connectivity index is 1.50. The van der Waals surface area contributed by atoms with Crippen molar-refractivity contribution in [2.45, 2.75) is 56.4 Å². The maximum Gasteiger partial charge on any atom is 0.321 e. The summed E-state index contributed by atoms with van der Waals surface area (Å²) in [7, 11) is 0.